The number of amides is 1. The molecule has 1 aromatic carbocycles. The molecule has 0 saturated heterocycles. The number of nitrogens with two attached hydrogens (primary N) is 1. The number of carbonyl (C=O) groups is 1. The summed E-state index contributed by atoms with van der Waals surface area (Å²) in [7, 11) is 0. The fourth-order valence-electron chi connectivity index (χ4n) is 1.71. The SMILES string of the molecule is [3H]c1ccc(Sc2cncc3sc(C(N)=O)cc23)cc1. The maximum Gasteiger partial charge on any atom is 0.258 e. The van der Waals surface area contributed by atoms with Crippen LogP contribution in [0.15, 0.2) is 58.6 Å². The number of pyridine rings is 1. The van der Waals surface area contributed by atoms with Crippen molar-refractivity contribution in [2.24, 2.45) is 5.73 Å². The number of hydrogen-bond acceptors (Lipinski definition) is 4. The van der Waals surface area contributed by atoms with Gasteiger partial charge in [-0.2, -0.15) is 0 Å². The maximum absolute atomic E-state index is 11.3. The van der Waals surface area contributed by atoms with Gasteiger partial charge in [0.1, 0.15) is 0 Å². The Hall–Kier alpha value is -1.85. The van der Waals surface area contributed by atoms with Crippen molar-refractivity contribution in [3.8, 4) is 0 Å². The van der Waals surface area contributed by atoms with Gasteiger partial charge in [0.05, 0.1) is 10.9 Å². The first kappa shape index (κ1) is 11.0. The van der Waals surface area contributed by atoms with Crippen LogP contribution < -0.4 is 5.73 Å². The molecule has 2 heterocycles. The van der Waals surface area contributed by atoms with Crippen LogP contribution >= 0.6 is 23.1 Å². The topological polar surface area (TPSA) is 56.0 Å². The van der Waals surface area contributed by atoms with Crippen molar-refractivity contribution in [2.45, 2.75) is 9.79 Å². The molecule has 94 valence electrons. The molecule has 2 N–H and O–H groups in total. The molecule has 0 bridgehead atoms. The Morgan fingerprint density at radius 2 is 2.16 bits per heavy atom. The first-order valence-electron chi connectivity index (χ1n) is 6.05. The van der Waals surface area contributed by atoms with Crippen molar-refractivity contribution in [1.29, 1.82) is 0 Å². The van der Waals surface area contributed by atoms with Crippen LogP contribution in [0.5, 0.6) is 0 Å². The summed E-state index contributed by atoms with van der Waals surface area (Å²) in [5, 5.41) is 0.985. The molecule has 19 heavy (non-hydrogen) atoms. The summed E-state index contributed by atoms with van der Waals surface area (Å²) >= 11 is 2.91. The van der Waals surface area contributed by atoms with E-state index < -0.39 is 5.91 Å². The van der Waals surface area contributed by atoms with E-state index in [2.05, 4.69) is 4.98 Å². The third-order valence-electron chi connectivity index (χ3n) is 2.57. The molecular weight excluding hydrogens is 276 g/mol. The van der Waals surface area contributed by atoms with Gasteiger partial charge in [0.2, 0.25) is 0 Å². The Bertz CT molecular complexity index is 783. The minimum absolute atomic E-state index is 0.416. The standard InChI is InChI=1S/C14H10N2OS2/c15-14(17)11-6-10-12(7-16-8-13(10)19-11)18-9-4-2-1-3-5-9/h1-8H,(H2,15,17)/i1T. The van der Waals surface area contributed by atoms with Gasteiger partial charge in [-0.05, 0) is 18.2 Å². The molecule has 0 unspecified atom stereocenters. The summed E-state index contributed by atoms with van der Waals surface area (Å²) < 4.78 is 8.43. The number of nitrogens with zero attached hydrogens (tertiary/aromatic N) is 1. The van der Waals surface area contributed by atoms with Crippen LogP contribution in [0.3, 0.4) is 0 Å². The van der Waals surface area contributed by atoms with Crippen molar-refractivity contribution in [2.75, 3.05) is 0 Å². The molecule has 1 amide bonds. The van der Waals surface area contributed by atoms with Crippen LogP contribution in [0, 0.1) is 0 Å². The summed E-state index contributed by atoms with van der Waals surface area (Å²) in [6.45, 7) is 0. The van der Waals surface area contributed by atoms with Crippen molar-refractivity contribution >= 4 is 39.1 Å². The molecule has 3 nitrogen and oxygen atoms in total. The number of thiophene rings is 1. The second-order valence-electron chi connectivity index (χ2n) is 3.86. The number of fused-ring (bicyclic) bond motifs is 1. The lowest BCUT2D eigenvalue weighted by atomic mass is 10.3. The summed E-state index contributed by atoms with van der Waals surface area (Å²) in [6.07, 6.45) is 3.52. The van der Waals surface area contributed by atoms with Gasteiger partial charge in [0.25, 0.3) is 5.91 Å². The molecule has 0 saturated carbocycles. The van der Waals surface area contributed by atoms with E-state index in [9.17, 15) is 4.79 Å². The Labute approximate surface area is 119 Å². The van der Waals surface area contributed by atoms with Gasteiger partial charge < -0.3 is 5.73 Å². The summed E-state index contributed by atoms with van der Waals surface area (Å²) in [5.41, 5.74) is 5.32. The highest BCUT2D eigenvalue weighted by Crippen LogP contribution is 2.36. The van der Waals surface area contributed by atoms with Crippen molar-refractivity contribution in [3.05, 3.63) is 53.6 Å². The number of hydrogen-bond donors (Lipinski definition) is 1. The average molecular weight is 288 g/mol. The lowest BCUT2D eigenvalue weighted by Crippen LogP contribution is -2.08. The predicted molar refractivity (Wildman–Crippen MR) is 78.7 cm³/mol. The Morgan fingerprint density at radius 3 is 2.89 bits per heavy atom. The quantitative estimate of drug-likeness (QED) is 0.802. The molecule has 5 heteroatoms. The molecule has 0 aliphatic heterocycles. The largest absolute Gasteiger partial charge is 0.365 e. The first-order chi connectivity index (χ1) is 9.63. The molecule has 2 aromatic heterocycles. The number of carbonyl (C=O) groups excluding carboxylic acids is 1. The second-order valence-corrected chi connectivity index (χ2v) is 6.06. The van der Waals surface area contributed by atoms with Crippen LogP contribution in [0.25, 0.3) is 10.1 Å². The zero-order valence-corrected chi connectivity index (χ0v) is 11.4. The van der Waals surface area contributed by atoms with Crippen LogP contribution in [0.2, 0.25) is 0 Å². The van der Waals surface area contributed by atoms with Gasteiger partial charge in [-0.25, -0.2) is 0 Å². The van der Waals surface area contributed by atoms with Crippen molar-refractivity contribution in [3.63, 3.8) is 0 Å². The fourth-order valence-corrected chi connectivity index (χ4v) is 3.59. The molecule has 0 atom stereocenters. The normalized spacial score (nSPS) is 11.5. The smallest absolute Gasteiger partial charge is 0.258 e. The second kappa shape index (κ2) is 5.03. The first-order valence-corrected chi connectivity index (χ1v) is 7.18. The molecule has 0 aliphatic carbocycles. The van der Waals surface area contributed by atoms with E-state index in [0.29, 0.717) is 10.9 Å². The van der Waals surface area contributed by atoms with E-state index in [4.69, 9.17) is 7.10 Å². The van der Waals surface area contributed by atoms with E-state index in [1.165, 1.54) is 11.3 Å². The lowest BCUT2D eigenvalue weighted by Gasteiger charge is -2.02. The van der Waals surface area contributed by atoms with Gasteiger partial charge in [0, 0.05) is 27.6 Å². The fraction of sp³-hybridized carbons (Fsp3) is 0. The number of rotatable bonds is 3. The number of primary amides is 1. The van der Waals surface area contributed by atoms with Crippen molar-refractivity contribution in [1.82, 2.24) is 4.98 Å². The van der Waals surface area contributed by atoms with Crippen LogP contribution in [0.1, 0.15) is 11.0 Å². The third-order valence-corrected chi connectivity index (χ3v) is 4.71. The van der Waals surface area contributed by atoms with Gasteiger partial charge in [-0.1, -0.05) is 29.9 Å². The molecule has 0 radical (unpaired) electrons. The van der Waals surface area contributed by atoms with E-state index in [1.807, 2.05) is 18.2 Å². The maximum atomic E-state index is 11.3. The van der Waals surface area contributed by atoms with Gasteiger partial charge in [-0.15, -0.1) is 11.3 Å². The van der Waals surface area contributed by atoms with E-state index >= 15 is 0 Å². The van der Waals surface area contributed by atoms with E-state index in [1.54, 1.807) is 36.3 Å². The number of aromatic nitrogens is 1. The highest BCUT2D eigenvalue weighted by atomic mass is 32.2. The van der Waals surface area contributed by atoms with Crippen LogP contribution in [-0.4, -0.2) is 10.9 Å². The highest BCUT2D eigenvalue weighted by Gasteiger charge is 2.11. The Morgan fingerprint density at radius 1 is 1.37 bits per heavy atom. The molecule has 0 spiro atoms. The summed E-state index contributed by atoms with van der Waals surface area (Å²) in [6, 6.07) is 9.58. The zero-order chi connectivity index (χ0) is 14.1. The number of benzene rings is 1. The molecule has 0 fully saturated rings. The molecule has 3 rings (SSSR count). The van der Waals surface area contributed by atoms with E-state index in [-0.39, 0.29) is 0 Å². The lowest BCUT2D eigenvalue weighted by molar-refractivity contribution is 0.100. The predicted octanol–water partition coefficient (Wildman–Crippen LogP) is 3.55. The Kier molecular flexibility index (Phi) is 2.92. The third kappa shape index (κ3) is 2.47. The monoisotopic (exact) mass is 288 g/mol. The summed E-state index contributed by atoms with van der Waals surface area (Å²) in [5.74, 6) is -0.416. The molecule has 0 aliphatic rings. The summed E-state index contributed by atoms with van der Waals surface area (Å²) in [4.78, 5) is 18.0. The minimum Gasteiger partial charge on any atom is -0.365 e. The highest BCUT2D eigenvalue weighted by molar-refractivity contribution is 7.99. The average Bonchev–Trinajstić information content (AvgIpc) is 2.87. The minimum atomic E-state index is -0.416. The van der Waals surface area contributed by atoms with Crippen LogP contribution in [0.4, 0.5) is 0 Å². The Balaban J connectivity index is 2.02. The van der Waals surface area contributed by atoms with Gasteiger partial charge in [-0.3, -0.25) is 9.78 Å². The molecular formula is C14H10N2OS2. The molecule has 3 aromatic rings. The van der Waals surface area contributed by atoms with Gasteiger partial charge in [0.15, 0.2) is 0 Å². The zero-order valence-electron chi connectivity index (χ0n) is 10.8. The van der Waals surface area contributed by atoms with E-state index in [0.717, 1.165) is 19.9 Å². The van der Waals surface area contributed by atoms with Gasteiger partial charge >= 0.3 is 0 Å². The van der Waals surface area contributed by atoms with Crippen molar-refractivity contribution < 1.29 is 6.17 Å². The van der Waals surface area contributed by atoms with Crippen LogP contribution in [-0.2, 0) is 0 Å².